The molecule has 0 aliphatic heterocycles. The SMILES string of the molecule is COc1cc(OC)c(C(=O)/C=C/c2cc(Cl)ccc2O)c(OC)c1. The zero-order chi connectivity index (χ0) is 17.7. The molecule has 5 nitrogen and oxygen atoms in total. The molecule has 0 atom stereocenters. The number of aromatic hydroxyl groups is 1. The molecule has 0 unspecified atom stereocenters. The molecule has 0 radical (unpaired) electrons. The lowest BCUT2D eigenvalue weighted by molar-refractivity contribution is 0.104. The van der Waals surface area contributed by atoms with Gasteiger partial charge in [-0.1, -0.05) is 11.6 Å². The first kappa shape index (κ1) is 17.7. The molecule has 2 aromatic rings. The van der Waals surface area contributed by atoms with Gasteiger partial charge in [-0.2, -0.15) is 0 Å². The molecule has 0 fully saturated rings. The van der Waals surface area contributed by atoms with E-state index in [1.807, 2.05) is 0 Å². The van der Waals surface area contributed by atoms with E-state index in [1.54, 1.807) is 24.3 Å². The lowest BCUT2D eigenvalue weighted by Gasteiger charge is -2.13. The number of ether oxygens (including phenoxy) is 3. The van der Waals surface area contributed by atoms with Gasteiger partial charge in [-0.25, -0.2) is 0 Å². The van der Waals surface area contributed by atoms with E-state index in [0.717, 1.165) is 0 Å². The van der Waals surface area contributed by atoms with Crippen LogP contribution in [0.5, 0.6) is 23.0 Å². The van der Waals surface area contributed by atoms with Crippen LogP contribution in [-0.2, 0) is 0 Å². The highest BCUT2D eigenvalue weighted by molar-refractivity contribution is 6.30. The lowest BCUT2D eigenvalue weighted by atomic mass is 10.1. The van der Waals surface area contributed by atoms with Crippen molar-refractivity contribution in [2.24, 2.45) is 0 Å². The smallest absolute Gasteiger partial charge is 0.193 e. The van der Waals surface area contributed by atoms with E-state index in [1.165, 1.54) is 39.5 Å². The number of phenolic OH excluding ortho intramolecular Hbond substituents is 1. The van der Waals surface area contributed by atoms with Crippen molar-refractivity contribution in [3.8, 4) is 23.0 Å². The summed E-state index contributed by atoms with van der Waals surface area (Å²) in [6, 6.07) is 7.77. The van der Waals surface area contributed by atoms with Crippen LogP contribution in [0.15, 0.2) is 36.4 Å². The Balaban J connectivity index is 2.42. The standard InChI is InChI=1S/C18H17ClO5/c1-22-13-9-16(23-2)18(17(10-13)24-3)15(21)6-4-11-8-12(19)5-7-14(11)20/h4-10,20H,1-3H3/b6-4+. The Morgan fingerprint density at radius 1 is 1.04 bits per heavy atom. The summed E-state index contributed by atoms with van der Waals surface area (Å²) in [6.07, 6.45) is 2.80. The Morgan fingerprint density at radius 2 is 1.67 bits per heavy atom. The van der Waals surface area contributed by atoms with Crippen LogP contribution in [0.2, 0.25) is 5.02 Å². The van der Waals surface area contributed by atoms with Gasteiger partial charge in [0.1, 0.15) is 28.6 Å². The molecule has 0 aliphatic rings. The van der Waals surface area contributed by atoms with Crippen molar-refractivity contribution < 1.29 is 24.1 Å². The molecule has 0 bridgehead atoms. The number of phenols is 1. The summed E-state index contributed by atoms with van der Waals surface area (Å²) in [7, 11) is 4.42. The Morgan fingerprint density at radius 3 is 2.21 bits per heavy atom. The van der Waals surface area contributed by atoms with E-state index in [2.05, 4.69) is 0 Å². The fourth-order valence-electron chi connectivity index (χ4n) is 2.16. The van der Waals surface area contributed by atoms with Crippen LogP contribution in [0.1, 0.15) is 15.9 Å². The highest BCUT2D eigenvalue weighted by Crippen LogP contribution is 2.34. The number of methoxy groups -OCH3 is 3. The normalized spacial score (nSPS) is 10.7. The molecule has 0 amide bonds. The van der Waals surface area contributed by atoms with Crippen LogP contribution in [-0.4, -0.2) is 32.2 Å². The summed E-state index contributed by atoms with van der Waals surface area (Å²) in [5.41, 5.74) is 0.695. The van der Waals surface area contributed by atoms with E-state index >= 15 is 0 Å². The summed E-state index contributed by atoms with van der Waals surface area (Å²) in [4.78, 5) is 12.6. The number of hydrogen-bond donors (Lipinski definition) is 1. The largest absolute Gasteiger partial charge is 0.507 e. The van der Waals surface area contributed by atoms with E-state index in [9.17, 15) is 9.90 Å². The minimum atomic E-state index is -0.342. The van der Waals surface area contributed by atoms with E-state index < -0.39 is 0 Å². The summed E-state index contributed by atoms with van der Waals surface area (Å²) < 4.78 is 15.7. The first-order valence-corrected chi connectivity index (χ1v) is 7.39. The zero-order valence-corrected chi connectivity index (χ0v) is 14.3. The van der Waals surface area contributed by atoms with Gasteiger partial charge < -0.3 is 19.3 Å². The summed E-state index contributed by atoms with van der Waals surface area (Å²) in [5, 5.41) is 10.3. The van der Waals surface area contributed by atoms with Crippen LogP contribution >= 0.6 is 11.6 Å². The Labute approximate surface area is 145 Å². The second-order valence-corrected chi connectivity index (χ2v) is 5.24. The molecule has 2 rings (SSSR count). The Hall–Kier alpha value is -2.66. The second-order valence-electron chi connectivity index (χ2n) is 4.81. The molecule has 0 saturated carbocycles. The van der Waals surface area contributed by atoms with Gasteiger partial charge in [0.15, 0.2) is 5.78 Å². The van der Waals surface area contributed by atoms with Crippen molar-refractivity contribution in [1.29, 1.82) is 0 Å². The Kier molecular flexibility index (Phi) is 5.71. The monoisotopic (exact) mass is 348 g/mol. The number of rotatable bonds is 6. The minimum absolute atomic E-state index is 0.0251. The van der Waals surface area contributed by atoms with Crippen LogP contribution in [0.25, 0.3) is 6.08 Å². The summed E-state index contributed by atoms with van der Waals surface area (Å²) in [5.74, 6) is 0.854. The van der Waals surface area contributed by atoms with Gasteiger partial charge in [0.05, 0.1) is 21.3 Å². The molecular weight excluding hydrogens is 332 g/mol. The second kappa shape index (κ2) is 7.75. The number of halogens is 1. The molecule has 24 heavy (non-hydrogen) atoms. The highest BCUT2D eigenvalue weighted by Gasteiger charge is 2.18. The molecule has 0 saturated heterocycles. The van der Waals surface area contributed by atoms with Crippen LogP contribution in [0.3, 0.4) is 0 Å². The van der Waals surface area contributed by atoms with Crippen molar-refractivity contribution in [1.82, 2.24) is 0 Å². The van der Waals surface area contributed by atoms with Crippen molar-refractivity contribution in [3.63, 3.8) is 0 Å². The van der Waals surface area contributed by atoms with Gasteiger partial charge >= 0.3 is 0 Å². The number of carbonyl (C=O) groups excluding carboxylic acids is 1. The molecule has 2 aromatic carbocycles. The first-order valence-electron chi connectivity index (χ1n) is 7.01. The van der Waals surface area contributed by atoms with Gasteiger partial charge in [0, 0.05) is 22.7 Å². The average Bonchev–Trinajstić information content (AvgIpc) is 2.60. The predicted molar refractivity (Wildman–Crippen MR) is 92.6 cm³/mol. The number of carbonyl (C=O) groups is 1. The predicted octanol–water partition coefficient (Wildman–Crippen LogP) is 3.97. The molecule has 0 heterocycles. The third-order valence-electron chi connectivity index (χ3n) is 3.37. The van der Waals surface area contributed by atoms with Crippen molar-refractivity contribution in [2.75, 3.05) is 21.3 Å². The average molecular weight is 349 g/mol. The van der Waals surface area contributed by atoms with Gasteiger partial charge in [-0.05, 0) is 30.4 Å². The third-order valence-corrected chi connectivity index (χ3v) is 3.60. The number of allylic oxidation sites excluding steroid dienone is 1. The maximum absolute atomic E-state index is 12.6. The van der Waals surface area contributed by atoms with Crippen molar-refractivity contribution in [3.05, 3.63) is 52.6 Å². The van der Waals surface area contributed by atoms with Gasteiger partial charge in [0.25, 0.3) is 0 Å². The maximum Gasteiger partial charge on any atom is 0.193 e. The van der Waals surface area contributed by atoms with Gasteiger partial charge in [-0.15, -0.1) is 0 Å². The van der Waals surface area contributed by atoms with Crippen molar-refractivity contribution >= 4 is 23.5 Å². The summed E-state index contributed by atoms with van der Waals surface area (Å²) >= 11 is 5.89. The Bertz CT molecular complexity index is 758. The molecule has 0 aromatic heterocycles. The molecular formula is C18H17ClO5. The number of ketones is 1. The zero-order valence-electron chi connectivity index (χ0n) is 13.5. The third kappa shape index (κ3) is 3.81. The fourth-order valence-corrected chi connectivity index (χ4v) is 2.34. The molecule has 126 valence electrons. The van der Waals surface area contributed by atoms with Crippen LogP contribution in [0, 0.1) is 0 Å². The van der Waals surface area contributed by atoms with Gasteiger partial charge in [0.2, 0.25) is 0 Å². The van der Waals surface area contributed by atoms with Gasteiger partial charge in [-0.3, -0.25) is 4.79 Å². The quantitative estimate of drug-likeness (QED) is 0.632. The maximum atomic E-state index is 12.6. The molecule has 0 spiro atoms. The van der Waals surface area contributed by atoms with Crippen LogP contribution in [0.4, 0.5) is 0 Å². The van der Waals surface area contributed by atoms with Crippen LogP contribution < -0.4 is 14.2 Å². The minimum Gasteiger partial charge on any atom is -0.507 e. The topological polar surface area (TPSA) is 65.0 Å². The summed E-state index contributed by atoms with van der Waals surface area (Å²) in [6.45, 7) is 0. The lowest BCUT2D eigenvalue weighted by Crippen LogP contribution is -2.03. The molecule has 0 aliphatic carbocycles. The fraction of sp³-hybridized carbons (Fsp3) is 0.167. The van der Waals surface area contributed by atoms with E-state index in [0.29, 0.717) is 27.8 Å². The van der Waals surface area contributed by atoms with E-state index in [4.69, 9.17) is 25.8 Å². The highest BCUT2D eigenvalue weighted by atomic mass is 35.5. The first-order chi connectivity index (χ1) is 11.5. The number of hydrogen-bond acceptors (Lipinski definition) is 5. The number of benzene rings is 2. The van der Waals surface area contributed by atoms with Crippen molar-refractivity contribution in [2.45, 2.75) is 0 Å². The molecule has 1 N–H and O–H groups in total. The molecule has 6 heteroatoms. The van der Waals surface area contributed by atoms with E-state index in [-0.39, 0.29) is 17.1 Å².